The zero-order valence-corrected chi connectivity index (χ0v) is 21.1. The van der Waals surface area contributed by atoms with Gasteiger partial charge in [0.1, 0.15) is 0 Å². The summed E-state index contributed by atoms with van der Waals surface area (Å²) in [6, 6.07) is 0. The van der Waals surface area contributed by atoms with E-state index < -0.39 is 0 Å². The van der Waals surface area contributed by atoms with Crippen LogP contribution in [0.25, 0.3) is 0 Å². The molecule has 2 radical (unpaired) electrons. The lowest BCUT2D eigenvalue weighted by molar-refractivity contribution is 0.392. The van der Waals surface area contributed by atoms with Gasteiger partial charge in [-0.15, -0.1) is 0 Å². The third kappa shape index (κ3) is 24.0. The molecule has 0 saturated heterocycles. The van der Waals surface area contributed by atoms with Crippen LogP contribution in [0, 0.1) is 19.8 Å². The maximum atomic E-state index is 3.93. The number of rotatable bonds is 25. The number of allylic oxidation sites excluding steroid dienone is 2. The Bertz CT molecular complexity index is 316. The standard InChI is InChI=1S/C30H58/c1-4-7-9-11-13-14-15-16-17-18-19-20-21-23-25-27-29-30(6-3)28-26-24-22-12-10-8-5-2/h11,13,30H,1-2,4-10,12,14-29H2,3H3/b13-11+. The van der Waals surface area contributed by atoms with Crippen LogP contribution in [0.15, 0.2) is 12.2 Å². The smallest absolute Gasteiger partial charge is 0.0351 e. The highest BCUT2D eigenvalue weighted by atomic mass is 14.1. The van der Waals surface area contributed by atoms with E-state index >= 15 is 0 Å². The fraction of sp³-hybridized carbons (Fsp3) is 0.867. The first-order chi connectivity index (χ1) is 14.8. The first kappa shape index (κ1) is 29.7. The third-order valence-corrected chi connectivity index (χ3v) is 6.71. The van der Waals surface area contributed by atoms with E-state index in [9.17, 15) is 0 Å². The summed E-state index contributed by atoms with van der Waals surface area (Å²) in [5.41, 5.74) is 0. The van der Waals surface area contributed by atoms with E-state index in [1.165, 1.54) is 141 Å². The summed E-state index contributed by atoms with van der Waals surface area (Å²) in [5.74, 6) is 1.00. The molecule has 0 heteroatoms. The molecule has 0 aromatic rings. The molecule has 0 aliphatic rings. The van der Waals surface area contributed by atoms with Crippen LogP contribution in [0.4, 0.5) is 0 Å². The largest absolute Gasteiger partial charge is 0.0885 e. The lowest BCUT2D eigenvalue weighted by Crippen LogP contribution is -1.99. The minimum absolute atomic E-state index is 1.00. The molecule has 1 atom stereocenters. The molecule has 0 rings (SSSR count). The van der Waals surface area contributed by atoms with E-state index in [1.54, 1.807) is 0 Å². The van der Waals surface area contributed by atoms with Gasteiger partial charge in [0.2, 0.25) is 0 Å². The van der Waals surface area contributed by atoms with Crippen molar-refractivity contribution in [2.45, 2.75) is 161 Å². The first-order valence-corrected chi connectivity index (χ1v) is 14.1. The second kappa shape index (κ2) is 26.8. The zero-order chi connectivity index (χ0) is 22.0. The van der Waals surface area contributed by atoms with E-state index in [1.807, 2.05) is 0 Å². The summed E-state index contributed by atoms with van der Waals surface area (Å²) in [4.78, 5) is 0. The van der Waals surface area contributed by atoms with Gasteiger partial charge >= 0.3 is 0 Å². The predicted molar refractivity (Wildman–Crippen MR) is 140 cm³/mol. The minimum atomic E-state index is 1.00. The molecule has 0 bridgehead atoms. The number of hydrogen-bond acceptors (Lipinski definition) is 0. The summed E-state index contributed by atoms with van der Waals surface area (Å²) in [6.45, 7) is 10.2. The predicted octanol–water partition coefficient (Wildman–Crippen LogP) is 11.2. The van der Waals surface area contributed by atoms with Crippen LogP contribution in [0.5, 0.6) is 0 Å². The second-order valence-electron chi connectivity index (χ2n) is 9.62. The Morgan fingerprint density at radius 2 is 0.833 bits per heavy atom. The molecule has 0 nitrogen and oxygen atoms in total. The van der Waals surface area contributed by atoms with E-state index in [0.717, 1.165) is 18.8 Å². The maximum absolute atomic E-state index is 3.93. The molecule has 178 valence electrons. The Morgan fingerprint density at radius 1 is 0.467 bits per heavy atom. The fourth-order valence-corrected chi connectivity index (χ4v) is 4.48. The summed E-state index contributed by atoms with van der Waals surface area (Å²) in [7, 11) is 0. The van der Waals surface area contributed by atoms with Gasteiger partial charge in [-0.2, -0.15) is 0 Å². The minimum Gasteiger partial charge on any atom is -0.0885 e. The molecule has 0 spiro atoms. The Hall–Kier alpha value is -0.260. The van der Waals surface area contributed by atoms with Crippen molar-refractivity contribution in [1.29, 1.82) is 0 Å². The van der Waals surface area contributed by atoms with Crippen molar-refractivity contribution in [3.05, 3.63) is 26.0 Å². The highest BCUT2D eigenvalue weighted by Gasteiger charge is 2.05. The third-order valence-electron chi connectivity index (χ3n) is 6.71. The maximum Gasteiger partial charge on any atom is -0.0351 e. The van der Waals surface area contributed by atoms with Gasteiger partial charge in [-0.05, 0) is 31.6 Å². The average Bonchev–Trinajstić information content (AvgIpc) is 2.76. The summed E-state index contributed by atoms with van der Waals surface area (Å²) in [5, 5.41) is 0. The first-order valence-electron chi connectivity index (χ1n) is 14.1. The van der Waals surface area contributed by atoms with Crippen molar-refractivity contribution < 1.29 is 0 Å². The van der Waals surface area contributed by atoms with E-state index in [2.05, 4.69) is 32.9 Å². The van der Waals surface area contributed by atoms with Crippen molar-refractivity contribution in [2.24, 2.45) is 5.92 Å². The molecule has 0 fully saturated rings. The molecule has 0 saturated carbocycles. The number of hydrogen-bond donors (Lipinski definition) is 0. The normalized spacial score (nSPS) is 12.8. The Morgan fingerprint density at radius 3 is 1.27 bits per heavy atom. The van der Waals surface area contributed by atoms with Gasteiger partial charge in [-0.25, -0.2) is 0 Å². The van der Waals surface area contributed by atoms with Crippen molar-refractivity contribution in [3.63, 3.8) is 0 Å². The summed E-state index contributed by atoms with van der Waals surface area (Å²) in [6.07, 6.45) is 38.1. The lowest BCUT2D eigenvalue weighted by atomic mass is 9.92. The molecule has 0 amide bonds. The highest BCUT2D eigenvalue weighted by Crippen LogP contribution is 2.22. The van der Waals surface area contributed by atoms with Crippen molar-refractivity contribution in [2.75, 3.05) is 0 Å². The van der Waals surface area contributed by atoms with Crippen LogP contribution in [0.1, 0.15) is 161 Å². The van der Waals surface area contributed by atoms with Crippen LogP contribution in [0.2, 0.25) is 0 Å². The lowest BCUT2D eigenvalue weighted by Gasteiger charge is -2.14. The fourth-order valence-electron chi connectivity index (χ4n) is 4.48. The van der Waals surface area contributed by atoms with Crippen molar-refractivity contribution >= 4 is 0 Å². The SMILES string of the molecule is [CH2]CCC/C=C/CCCCCCCCCCCCC(CC)CCCCCCCC[CH2]. The Kier molecular flexibility index (Phi) is 26.5. The Balaban J connectivity index is 3.26. The van der Waals surface area contributed by atoms with Gasteiger partial charge in [0, 0.05) is 0 Å². The van der Waals surface area contributed by atoms with Crippen LogP contribution < -0.4 is 0 Å². The van der Waals surface area contributed by atoms with E-state index in [0.29, 0.717) is 0 Å². The second-order valence-corrected chi connectivity index (χ2v) is 9.62. The molecule has 1 unspecified atom stereocenters. The average molecular weight is 419 g/mol. The van der Waals surface area contributed by atoms with Gasteiger partial charge in [-0.1, -0.05) is 161 Å². The van der Waals surface area contributed by atoms with Crippen LogP contribution in [-0.2, 0) is 0 Å². The van der Waals surface area contributed by atoms with Gasteiger partial charge in [0.15, 0.2) is 0 Å². The molecule has 0 aliphatic carbocycles. The number of unbranched alkanes of at least 4 members (excludes halogenated alkanes) is 18. The monoisotopic (exact) mass is 418 g/mol. The summed E-state index contributed by atoms with van der Waals surface area (Å²) >= 11 is 0. The Labute approximate surface area is 193 Å². The molecule has 0 aliphatic heterocycles. The van der Waals surface area contributed by atoms with Gasteiger partial charge in [-0.3, -0.25) is 0 Å². The van der Waals surface area contributed by atoms with Crippen molar-refractivity contribution in [1.82, 2.24) is 0 Å². The topological polar surface area (TPSA) is 0 Å². The van der Waals surface area contributed by atoms with Gasteiger partial charge < -0.3 is 0 Å². The van der Waals surface area contributed by atoms with E-state index in [-0.39, 0.29) is 0 Å². The zero-order valence-electron chi connectivity index (χ0n) is 21.1. The molecular weight excluding hydrogens is 360 g/mol. The van der Waals surface area contributed by atoms with E-state index in [4.69, 9.17) is 0 Å². The molecule has 0 aromatic heterocycles. The quantitative estimate of drug-likeness (QED) is 0.102. The van der Waals surface area contributed by atoms with Crippen LogP contribution >= 0.6 is 0 Å². The molecule has 0 heterocycles. The van der Waals surface area contributed by atoms with Crippen molar-refractivity contribution in [3.8, 4) is 0 Å². The van der Waals surface area contributed by atoms with Gasteiger partial charge in [0.25, 0.3) is 0 Å². The molecular formula is C30H58. The van der Waals surface area contributed by atoms with Gasteiger partial charge in [0.05, 0.1) is 0 Å². The molecule has 0 N–H and O–H groups in total. The van der Waals surface area contributed by atoms with Crippen LogP contribution in [-0.4, -0.2) is 0 Å². The molecule has 30 heavy (non-hydrogen) atoms. The summed E-state index contributed by atoms with van der Waals surface area (Å²) < 4.78 is 0. The molecule has 0 aromatic carbocycles. The highest BCUT2D eigenvalue weighted by molar-refractivity contribution is 4.81. The van der Waals surface area contributed by atoms with Crippen LogP contribution in [0.3, 0.4) is 0 Å².